The van der Waals surface area contributed by atoms with E-state index in [1.54, 1.807) is 32.0 Å². The molecule has 3 aromatic rings. The molecule has 0 unspecified atom stereocenters. The average molecular weight is 497 g/mol. The van der Waals surface area contributed by atoms with Crippen LogP contribution in [0.5, 0.6) is 11.5 Å². The maximum absolute atomic E-state index is 14.0. The number of aryl methyl sites for hydroxylation is 2. The number of anilines is 1. The van der Waals surface area contributed by atoms with Crippen molar-refractivity contribution in [3.05, 3.63) is 82.4 Å². The van der Waals surface area contributed by atoms with Crippen molar-refractivity contribution in [3.8, 4) is 11.5 Å². The molecule has 0 atom stereocenters. The van der Waals surface area contributed by atoms with Gasteiger partial charge in [-0.05, 0) is 67.6 Å². The molecule has 1 amide bonds. The van der Waals surface area contributed by atoms with E-state index in [-0.39, 0.29) is 18.0 Å². The minimum Gasteiger partial charge on any atom is -0.493 e. The first-order chi connectivity index (χ1) is 16.6. The molecule has 0 heterocycles. The molecule has 0 fully saturated rings. The van der Waals surface area contributed by atoms with Gasteiger partial charge in [-0.1, -0.05) is 36.4 Å². The zero-order valence-corrected chi connectivity index (χ0v) is 21.8. The molecule has 0 aromatic heterocycles. The summed E-state index contributed by atoms with van der Waals surface area (Å²) in [7, 11) is -0.955. The average Bonchev–Trinajstić information content (AvgIpc) is 2.83. The van der Waals surface area contributed by atoms with Gasteiger partial charge >= 0.3 is 0 Å². The van der Waals surface area contributed by atoms with Gasteiger partial charge in [0.05, 0.1) is 25.7 Å². The zero-order valence-electron chi connectivity index (χ0n) is 21.0. The summed E-state index contributed by atoms with van der Waals surface area (Å²) in [6.45, 7) is 7.11. The van der Waals surface area contributed by atoms with Gasteiger partial charge < -0.3 is 14.8 Å². The predicted octanol–water partition coefficient (Wildman–Crippen LogP) is 4.77. The lowest BCUT2D eigenvalue weighted by Gasteiger charge is -2.25. The third-order valence-electron chi connectivity index (χ3n) is 6.08. The van der Waals surface area contributed by atoms with E-state index in [0.29, 0.717) is 28.3 Å². The number of hydrogen-bond donors (Lipinski definition) is 1. The Morgan fingerprint density at radius 2 is 1.46 bits per heavy atom. The first kappa shape index (κ1) is 26.2. The number of rotatable bonds is 9. The molecule has 0 aliphatic rings. The molecule has 0 bridgehead atoms. The number of benzene rings is 3. The largest absolute Gasteiger partial charge is 0.493 e. The summed E-state index contributed by atoms with van der Waals surface area (Å²) in [5, 5.41) is 2.78. The van der Waals surface area contributed by atoms with E-state index < -0.39 is 15.9 Å². The van der Waals surface area contributed by atoms with Crippen LogP contribution in [0.15, 0.2) is 59.5 Å². The fourth-order valence-corrected chi connectivity index (χ4v) is 5.94. The smallest absolute Gasteiger partial charge is 0.244 e. The fourth-order valence-electron chi connectivity index (χ4n) is 3.98. The molecule has 3 aromatic carbocycles. The number of methoxy groups -OCH3 is 2. The summed E-state index contributed by atoms with van der Waals surface area (Å²) in [5.74, 6) is 0.525. The number of carbonyl (C=O) groups is 1. The van der Waals surface area contributed by atoms with Crippen molar-refractivity contribution < 1.29 is 22.7 Å². The first-order valence-electron chi connectivity index (χ1n) is 11.2. The SMILES string of the molecule is COc1ccc(NC(=O)CN(Cc2ccccc2)S(=O)(=O)c2c(C)c(C)cc(C)c2C)cc1OC. The topological polar surface area (TPSA) is 84.9 Å². The van der Waals surface area contributed by atoms with Crippen molar-refractivity contribution in [2.45, 2.75) is 39.1 Å². The molecule has 35 heavy (non-hydrogen) atoms. The Bertz CT molecular complexity index is 1290. The Kier molecular flexibility index (Phi) is 8.19. The standard InChI is InChI=1S/C27H32N2O5S/c1-18-14-19(2)21(4)27(20(18)3)35(31,32)29(16-22-10-8-7-9-11-22)17-26(30)28-23-12-13-24(33-5)25(15-23)34-6/h7-15H,16-17H2,1-6H3,(H,28,30). The quantitative estimate of drug-likeness (QED) is 0.461. The molecule has 0 aliphatic heterocycles. The third kappa shape index (κ3) is 5.83. The third-order valence-corrected chi connectivity index (χ3v) is 8.15. The lowest BCUT2D eigenvalue weighted by Crippen LogP contribution is -2.38. The Morgan fingerprint density at radius 1 is 0.857 bits per heavy atom. The van der Waals surface area contributed by atoms with Gasteiger partial charge in [-0.3, -0.25) is 4.79 Å². The van der Waals surface area contributed by atoms with Crippen molar-refractivity contribution in [1.29, 1.82) is 0 Å². The van der Waals surface area contributed by atoms with Gasteiger partial charge in [-0.2, -0.15) is 4.31 Å². The zero-order chi connectivity index (χ0) is 25.8. The van der Waals surface area contributed by atoms with Crippen molar-refractivity contribution in [3.63, 3.8) is 0 Å². The Hall–Kier alpha value is -3.36. The molecule has 0 saturated heterocycles. The van der Waals surface area contributed by atoms with Gasteiger partial charge in [-0.25, -0.2) is 8.42 Å². The molecular formula is C27H32N2O5S. The summed E-state index contributed by atoms with van der Waals surface area (Å²) in [6.07, 6.45) is 0. The van der Waals surface area contributed by atoms with E-state index in [2.05, 4.69) is 5.32 Å². The number of carbonyl (C=O) groups excluding carboxylic acids is 1. The monoisotopic (exact) mass is 496 g/mol. The predicted molar refractivity (Wildman–Crippen MR) is 138 cm³/mol. The van der Waals surface area contributed by atoms with E-state index in [4.69, 9.17) is 9.47 Å². The van der Waals surface area contributed by atoms with Gasteiger partial charge in [0, 0.05) is 18.3 Å². The summed E-state index contributed by atoms with van der Waals surface area (Å²) < 4.78 is 39.7. The molecule has 186 valence electrons. The molecule has 0 saturated carbocycles. The fraction of sp³-hybridized carbons (Fsp3) is 0.296. The lowest BCUT2D eigenvalue weighted by atomic mass is 10.0. The van der Waals surface area contributed by atoms with E-state index in [1.165, 1.54) is 18.5 Å². The molecule has 0 spiro atoms. The van der Waals surface area contributed by atoms with Crippen LogP contribution in [-0.4, -0.2) is 39.4 Å². The van der Waals surface area contributed by atoms with E-state index >= 15 is 0 Å². The van der Waals surface area contributed by atoms with Crippen LogP contribution >= 0.6 is 0 Å². The van der Waals surface area contributed by atoms with Crippen molar-refractivity contribution in [1.82, 2.24) is 4.31 Å². The number of nitrogens with zero attached hydrogens (tertiary/aromatic N) is 1. The second-order valence-electron chi connectivity index (χ2n) is 8.47. The van der Waals surface area contributed by atoms with Crippen molar-refractivity contribution in [2.24, 2.45) is 0 Å². The van der Waals surface area contributed by atoms with Crippen LogP contribution in [0.1, 0.15) is 27.8 Å². The van der Waals surface area contributed by atoms with E-state index in [0.717, 1.165) is 16.7 Å². The second kappa shape index (κ2) is 10.9. The lowest BCUT2D eigenvalue weighted by molar-refractivity contribution is -0.116. The highest BCUT2D eigenvalue weighted by molar-refractivity contribution is 7.89. The van der Waals surface area contributed by atoms with Crippen LogP contribution in [0.25, 0.3) is 0 Å². The van der Waals surface area contributed by atoms with Crippen LogP contribution in [-0.2, 0) is 21.4 Å². The molecule has 8 heteroatoms. The van der Waals surface area contributed by atoms with Gasteiger partial charge in [0.15, 0.2) is 11.5 Å². The maximum Gasteiger partial charge on any atom is 0.244 e. The highest BCUT2D eigenvalue weighted by atomic mass is 32.2. The number of ether oxygens (including phenoxy) is 2. The van der Waals surface area contributed by atoms with Crippen molar-refractivity contribution in [2.75, 3.05) is 26.1 Å². The van der Waals surface area contributed by atoms with Gasteiger partial charge in [0.1, 0.15) is 0 Å². The summed E-state index contributed by atoms with van der Waals surface area (Å²) in [4.78, 5) is 13.3. The Labute approximate surface area is 207 Å². The van der Waals surface area contributed by atoms with Crippen LogP contribution in [0.3, 0.4) is 0 Å². The summed E-state index contributed by atoms with van der Waals surface area (Å²) >= 11 is 0. The molecular weight excluding hydrogens is 464 g/mol. The minimum absolute atomic E-state index is 0.0639. The van der Waals surface area contributed by atoms with Crippen molar-refractivity contribution >= 4 is 21.6 Å². The second-order valence-corrected chi connectivity index (χ2v) is 10.3. The number of hydrogen-bond acceptors (Lipinski definition) is 5. The Balaban J connectivity index is 1.97. The van der Waals surface area contributed by atoms with Gasteiger partial charge in [-0.15, -0.1) is 0 Å². The van der Waals surface area contributed by atoms with Crippen LogP contribution in [0, 0.1) is 27.7 Å². The highest BCUT2D eigenvalue weighted by Gasteiger charge is 2.31. The van der Waals surface area contributed by atoms with E-state index in [9.17, 15) is 13.2 Å². The number of sulfonamides is 1. The molecule has 3 rings (SSSR count). The van der Waals surface area contributed by atoms with Gasteiger partial charge in [0.2, 0.25) is 15.9 Å². The number of amides is 1. The summed E-state index contributed by atoms with van der Waals surface area (Å²) in [6, 6.07) is 16.2. The minimum atomic E-state index is -3.99. The molecule has 0 aliphatic carbocycles. The molecule has 0 radical (unpaired) electrons. The molecule has 1 N–H and O–H groups in total. The number of nitrogens with one attached hydrogen (secondary N) is 1. The summed E-state index contributed by atoms with van der Waals surface area (Å²) in [5.41, 5.74) is 4.42. The van der Waals surface area contributed by atoms with E-state index in [1.807, 2.05) is 50.2 Å². The highest BCUT2D eigenvalue weighted by Crippen LogP contribution is 2.31. The normalized spacial score (nSPS) is 11.4. The first-order valence-corrected chi connectivity index (χ1v) is 12.7. The van der Waals surface area contributed by atoms with Crippen LogP contribution < -0.4 is 14.8 Å². The van der Waals surface area contributed by atoms with Gasteiger partial charge in [0.25, 0.3) is 0 Å². The van der Waals surface area contributed by atoms with Crippen LogP contribution in [0.4, 0.5) is 5.69 Å². The molecule has 7 nitrogen and oxygen atoms in total. The maximum atomic E-state index is 14.0. The Morgan fingerprint density at radius 3 is 2.03 bits per heavy atom. The van der Waals surface area contributed by atoms with Crippen LogP contribution in [0.2, 0.25) is 0 Å².